The second kappa shape index (κ2) is 4.52. The van der Waals surface area contributed by atoms with Crippen molar-refractivity contribution in [3.8, 4) is 5.75 Å². The second-order valence-corrected chi connectivity index (χ2v) is 5.95. The average molecular weight is 257 g/mol. The lowest BCUT2D eigenvalue weighted by Gasteiger charge is -2.16. The molecular formula is C10H15N3O3S. The van der Waals surface area contributed by atoms with Crippen molar-refractivity contribution in [3.63, 3.8) is 0 Å². The van der Waals surface area contributed by atoms with E-state index < -0.39 is 15.3 Å². The van der Waals surface area contributed by atoms with Crippen LogP contribution in [0.3, 0.4) is 0 Å². The first-order valence-corrected chi connectivity index (χ1v) is 6.83. The summed E-state index contributed by atoms with van der Waals surface area (Å²) in [5.74, 6) is 0.102. The van der Waals surface area contributed by atoms with Crippen molar-refractivity contribution in [2.45, 2.75) is 18.2 Å². The molecule has 6 nitrogen and oxygen atoms in total. The van der Waals surface area contributed by atoms with Crippen LogP contribution in [0.4, 0.5) is 5.69 Å². The highest BCUT2D eigenvalue weighted by Crippen LogP contribution is 2.18. The van der Waals surface area contributed by atoms with Crippen LogP contribution in [-0.4, -0.2) is 31.4 Å². The van der Waals surface area contributed by atoms with Crippen LogP contribution in [0.25, 0.3) is 0 Å². The van der Waals surface area contributed by atoms with E-state index in [2.05, 4.69) is 15.6 Å². The lowest BCUT2D eigenvalue weighted by molar-refractivity contribution is 0.475. The van der Waals surface area contributed by atoms with Crippen molar-refractivity contribution in [1.82, 2.24) is 10.9 Å². The van der Waals surface area contributed by atoms with Gasteiger partial charge in [-0.2, -0.15) is 0 Å². The molecule has 1 saturated heterocycles. The summed E-state index contributed by atoms with van der Waals surface area (Å²) in [6.07, 6.45) is 0. The third-order valence-electron chi connectivity index (χ3n) is 2.72. The van der Waals surface area contributed by atoms with Crippen LogP contribution in [-0.2, 0) is 10.0 Å². The minimum absolute atomic E-state index is 0.102. The van der Waals surface area contributed by atoms with Gasteiger partial charge in [-0.1, -0.05) is 0 Å². The van der Waals surface area contributed by atoms with E-state index in [9.17, 15) is 8.42 Å². The number of aromatic hydroxyl groups is 1. The van der Waals surface area contributed by atoms with Crippen LogP contribution in [0.5, 0.6) is 5.75 Å². The van der Waals surface area contributed by atoms with Gasteiger partial charge in [0.05, 0.1) is 0 Å². The quantitative estimate of drug-likeness (QED) is 0.572. The summed E-state index contributed by atoms with van der Waals surface area (Å²) in [5.41, 5.74) is 6.12. The molecule has 2 unspecified atom stereocenters. The second-order valence-electron chi connectivity index (χ2n) is 4.05. The molecule has 0 aromatic heterocycles. The van der Waals surface area contributed by atoms with Crippen LogP contribution < -0.4 is 15.6 Å². The summed E-state index contributed by atoms with van der Waals surface area (Å²) in [6, 6.07) is 5.77. The zero-order valence-electron chi connectivity index (χ0n) is 9.34. The summed E-state index contributed by atoms with van der Waals surface area (Å²) >= 11 is 0. The van der Waals surface area contributed by atoms with Crippen molar-refractivity contribution in [1.29, 1.82) is 0 Å². The molecule has 4 N–H and O–H groups in total. The normalized spacial score (nSPS) is 24.8. The topological polar surface area (TPSA) is 90.5 Å². The highest BCUT2D eigenvalue weighted by Gasteiger charge is 2.34. The fourth-order valence-electron chi connectivity index (χ4n) is 1.74. The van der Waals surface area contributed by atoms with E-state index in [0.717, 1.165) is 0 Å². The van der Waals surface area contributed by atoms with Gasteiger partial charge in [0, 0.05) is 18.3 Å². The maximum atomic E-state index is 12.0. The molecule has 1 fully saturated rings. The molecule has 1 aliphatic rings. The van der Waals surface area contributed by atoms with Gasteiger partial charge in [-0.15, -0.1) is 0 Å². The molecule has 1 aliphatic heterocycles. The first-order valence-electron chi connectivity index (χ1n) is 5.28. The molecule has 17 heavy (non-hydrogen) atoms. The minimum atomic E-state index is -3.43. The predicted octanol–water partition coefficient (Wildman–Crippen LogP) is -0.00120. The third kappa shape index (κ3) is 2.68. The molecule has 1 aromatic carbocycles. The smallest absolute Gasteiger partial charge is 0.238 e. The monoisotopic (exact) mass is 257 g/mol. The van der Waals surface area contributed by atoms with E-state index in [1.165, 1.54) is 24.3 Å². The van der Waals surface area contributed by atoms with Gasteiger partial charge in [-0.05, 0) is 31.2 Å². The fourth-order valence-corrected chi connectivity index (χ4v) is 3.26. The predicted molar refractivity (Wildman–Crippen MR) is 65.0 cm³/mol. The van der Waals surface area contributed by atoms with Crippen molar-refractivity contribution in [3.05, 3.63) is 24.3 Å². The molecule has 0 aliphatic carbocycles. The third-order valence-corrected chi connectivity index (χ3v) is 4.61. The van der Waals surface area contributed by atoms with E-state index in [-0.39, 0.29) is 11.8 Å². The van der Waals surface area contributed by atoms with Crippen LogP contribution in [0, 0.1) is 0 Å². The summed E-state index contributed by atoms with van der Waals surface area (Å²) in [7, 11) is -3.43. The van der Waals surface area contributed by atoms with Crippen LogP contribution in [0.15, 0.2) is 24.3 Å². The molecule has 0 spiro atoms. The summed E-state index contributed by atoms with van der Waals surface area (Å²) in [5, 5.41) is 8.59. The number of rotatable bonds is 3. The molecule has 94 valence electrons. The highest BCUT2D eigenvalue weighted by atomic mass is 32.2. The Morgan fingerprint density at radius 2 is 2.00 bits per heavy atom. The van der Waals surface area contributed by atoms with Gasteiger partial charge in [0.1, 0.15) is 11.0 Å². The Morgan fingerprint density at radius 1 is 1.35 bits per heavy atom. The van der Waals surface area contributed by atoms with Crippen molar-refractivity contribution >= 4 is 15.7 Å². The minimum Gasteiger partial charge on any atom is -0.508 e. The van der Waals surface area contributed by atoms with Gasteiger partial charge in [-0.3, -0.25) is 15.6 Å². The molecule has 7 heteroatoms. The average Bonchev–Trinajstić information content (AvgIpc) is 2.68. The number of hydrogen-bond donors (Lipinski definition) is 4. The molecule has 1 heterocycles. The number of phenolic OH excluding ortho intramolecular Hbond substituents is 1. The van der Waals surface area contributed by atoms with Gasteiger partial charge in [-0.25, -0.2) is 8.42 Å². The lowest BCUT2D eigenvalue weighted by Crippen LogP contribution is -2.38. The summed E-state index contributed by atoms with van der Waals surface area (Å²) in [6.45, 7) is 2.18. The Morgan fingerprint density at radius 3 is 2.53 bits per heavy atom. The maximum absolute atomic E-state index is 12.0. The van der Waals surface area contributed by atoms with E-state index in [0.29, 0.717) is 12.2 Å². The molecule has 0 bridgehead atoms. The lowest BCUT2D eigenvalue weighted by atomic mass is 10.3. The number of hydrogen-bond acceptors (Lipinski definition) is 5. The summed E-state index contributed by atoms with van der Waals surface area (Å²) in [4.78, 5) is 0. The number of phenols is 1. The number of sulfonamides is 1. The highest BCUT2D eigenvalue weighted by molar-refractivity contribution is 7.93. The van der Waals surface area contributed by atoms with Gasteiger partial charge >= 0.3 is 0 Å². The number of nitrogens with one attached hydrogen (secondary N) is 3. The standard InChI is InChI=1S/C10H15N3O3S/c1-7-10(6-11-12-7)17(15,16)13-8-2-4-9(14)5-3-8/h2-5,7,10-14H,6H2,1H3. The Kier molecular flexibility index (Phi) is 3.23. The van der Waals surface area contributed by atoms with Gasteiger partial charge in [0.2, 0.25) is 10.0 Å². The first kappa shape index (κ1) is 12.2. The molecule has 0 radical (unpaired) electrons. The van der Waals surface area contributed by atoms with Crippen molar-refractivity contribution in [2.75, 3.05) is 11.3 Å². The van der Waals surface area contributed by atoms with Gasteiger partial charge < -0.3 is 5.11 Å². The fraction of sp³-hybridized carbons (Fsp3) is 0.400. The van der Waals surface area contributed by atoms with Gasteiger partial charge in [0.15, 0.2) is 0 Å². The van der Waals surface area contributed by atoms with Crippen molar-refractivity contribution < 1.29 is 13.5 Å². The van der Waals surface area contributed by atoms with E-state index in [1.807, 2.05) is 0 Å². The summed E-state index contributed by atoms with van der Waals surface area (Å²) < 4.78 is 26.6. The molecule has 2 rings (SSSR count). The van der Waals surface area contributed by atoms with E-state index >= 15 is 0 Å². The maximum Gasteiger partial charge on any atom is 0.238 e. The zero-order valence-corrected chi connectivity index (χ0v) is 10.2. The Balaban J connectivity index is 2.14. The zero-order chi connectivity index (χ0) is 12.5. The Bertz CT molecular complexity index is 486. The van der Waals surface area contributed by atoms with E-state index in [4.69, 9.17) is 5.11 Å². The van der Waals surface area contributed by atoms with Gasteiger partial charge in [0.25, 0.3) is 0 Å². The number of benzene rings is 1. The van der Waals surface area contributed by atoms with E-state index in [1.54, 1.807) is 6.92 Å². The Labute approximate surface area is 100 Å². The molecular weight excluding hydrogens is 242 g/mol. The number of anilines is 1. The Hall–Kier alpha value is -1.31. The first-order chi connectivity index (χ1) is 7.99. The van der Waals surface area contributed by atoms with Crippen molar-refractivity contribution in [2.24, 2.45) is 0 Å². The SMILES string of the molecule is CC1NNCC1S(=O)(=O)Nc1ccc(O)cc1. The number of hydrazine groups is 1. The molecule has 2 atom stereocenters. The largest absolute Gasteiger partial charge is 0.508 e. The van der Waals surface area contributed by atoms with Crippen LogP contribution in [0.1, 0.15) is 6.92 Å². The van der Waals surface area contributed by atoms with Crippen LogP contribution >= 0.6 is 0 Å². The van der Waals surface area contributed by atoms with Crippen LogP contribution in [0.2, 0.25) is 0 Å². The molecule has 0 saturated carbocycles. The molecule has 1 aromatic rings. The molecule has 0 amide bonds.